The molecule has 3 aromatic rings. The fourth-order valence-electron chi connectivity index (χ4n) is 7.30. The highest BCUT2D eigenvalue weighted by Gasteiger charge is 2.48. The van der Waals surface area contributed by atoms with Crippen LogP contribution >= 0.6 is 0 Å². The molecule has 1 saturated heterocycles. The van der Waals surface area contributed by atoms with Crippen molar-refractivity contribution >= 4 is 15.7 Å². The van der Waals surface area contributed by atoms with Gasteiger partial charge in [0.1, 0.15) is 12.2 Å². The molecule has 1 atom stereocenters. The van der Waals surface area contributed by atoms with E-state index < -0.39 is 21.8 Å². The number of alkyl halides is 3. The maximum absolute atomic E-state index is 14.3. The molecule has 11 heteroatoms. The molecule has 0 bridgehead atoms. The van der Waals surface area contributed by atoms with Crippen LogP contribution in [0, 0.1) is 11.8 Å². The van der Waals surface area contributed by atoms with E-state index in [-0.39, 0.29) is 28.8 Å². The fraction of sp³-hybridized carbons (Fsp3) is 0.533. The van der Waals surface area contributed by atoms with Gasteiger partial charge in [0.05, 0.1) is 21.6 Å². The second-order valence-corrected chi connectivity index (χ2v) is 14.2. The summed E-state index contributed by atoms with van der Waals surface area (Å²) in [6.45, 7) is 6.12. The molecule has 2 fully saturated rings. The Morgan fingerprint density at radius 2 is 1.85 bits per heavy atom. The Kier molecular flexibility index (Phi) is 6.96. The molecular formula is C30H36F3N5O2S. The first kappa shape index (κ1) is 28.2. The van der Waals surface area contributed by atoms with Gasteiger partial charge in [0.25, 0.3) is 10.0 Å². The van der Waals surface area contributed by atoms with E-state index in [1.54, 1.807) is 12.4 Å². The zero-order chi connectivity index (χ0) is 29.2. The van der Waals surface area contributed by atoms with Gasteiger partial charge in [-0.1, -0.05) is 26.0 Å². The fourth-order valence-corrected chi connectivity index (χ4v) is 9.08. The lowest BCUT2D eigenvalue weighted by Gasteiger charge is -2.46. The van der Waals surface area contributed by atoms with E-state index in [4.69, 9.17) is 0 Å². The van der Waals surface area contributed by atoms with E-state index in [0.717, 1.165) is 56.2 Å². The highest BCUT2D eigenvalue weighted by molar-refractivity contribution is 7.93. The van der Waals surface area contributed by atoms with Gasteiger partial charge in [-0.3, -0.25) is 9.21 Å². The number of rotatable bonds is 5. The van der Waals surface area contributed by atoms with Crippen LogP contribution in [-0.2, 0) is 41.6 Å². The molecule has 41 heavy (non-hydrogen) atoms. The average molecular weight is 588 g/mol. The summed E-state index contributed by atoms with van der Waals surface area (Å²) in [7, 11) is -2.34. The second-order valence-electron chi connectivity index (χ2n) is 12.3. The van der Waals surface area contributed by atoms with Crippen LogP contribution < -0.4 is 4.31 Å². The molecule has 3 aliphatic rings. The predicted octanol–water partition coefficient (Wildman–Crippen LogP) is 5.53. The number of hydrogen-bond donors (Lipinski definition) is 0. The van der Waals surface area contributed by atoms with Crippen LogP contribution in [0.4, 0.5) is 18.9 Å². The normalized spacial score (nSPS) is 26.4. The molecule has 1 saturated carbocycles. The van der Waals surface area contributed by atoms with Crippen LogP contribution in [0.3, 0.4) is 0 Å². The number of benzene rings is 2. The van der Waals surface area contributed by atoms with Crippen molar-refractivity contribution in [3.8, 4) is 0 Å². The Hall–Kier alpha value is -2.92. The third-order valence-corrected chi connectivity index (χ3v) is 11.0. The smallest absolute Gasteiger partial charge is 0.320 e. The molecule has 220 valence electrons. The number of nitrogens with zero attached hydrogens (tertiary/aromatic N) is 5. The first-order valence-electron chi connectivity index (χ1n) is 14.3. The Balaban J connectivity index is 1.39. The Morgan fingerprint density at radius 1 is 1.07 bits per heavy atom. The molecule has 6 rings (SSSR count). The maximum atomic E-state index is 14.3. The quantitative estimate of drug-likeness (QED) is 0.393. The minimum Gasteiger partial charge on any atom is -0.320 e. The van der Waals surface area contributed by atoms with Crippen LogP contribution in [0.2, 0.25) is 0 Å². The van der Waals surface area contributed by atoms with Crippen molar-refractivity contribution in [3.63, 3.8) is 0 Å². The number of hydrogen-bond acceptors (Lipinski definition) is 5. The van der Waals surface area contributed by atoms with E-state index in [9.17, 15) is 21.6 Å². The lowest BCUT2D eigenvalue weighted by Crippen LogP contribution is -2.43. The zero-order valence-electron chi connectivity index (χ0n) is 23.7. The van der Waals surface area contributed by atoms with Crippen molar-refractivity contribution in [3.05, 3.63) is 70.8 Å². The number of aromatic nitrogens is 3. The van der Waals surface area contributed by atoms with Gasteiger partial charge in [-0.25, -0.2) is 8.42 Å². The number of likely N-dealkylation sites (tertiary alicyclic amines) is 1. The van der Waals surface area contributed by atoms with Crippen molar-refractivity contribution in [2.75, 3.05) is 23.9 Å². The van der Waals surface area contributed by atoms with Crippen molar-refractivity contribution in [2.45, 2.75) is 69.0 Å². The molecule has 1 aromatic heterocycles. The number of sulfonamides is 1. The van der Waals surface area contributed by atoms with Gasteiger partial charge in [-0.2, -0.15) is 13.2 Å². The van der Waals surface area contributed by atoms with E-state index >= 15 is 0 Å². The summed E-state index contributed by atoms with van der Waals surface area (Å²) in [6, 6.07) is 10.0. The Morgan fingerprint density at radius 3 is 2.51 bits per heavy atom. The van der Waals surface area contributed by atoms with Crippen molar-refractivity contribution < 1.29 is 21.6 Å². The van der Waals surface area contributed by atoms with Gasteiger partial charge in [0.2, 0.25) is 0 Å². The minimum atomic E-state index is -4.64. The van der Waals surface area contributed by atoms with Crippen LogP contribution in [0.1, 0.15) is 67.6 Å². The van der Waals surface area contributed by atoms with Crippen molar-refractivity contribution in [1.29, 1.82) is 0 Å². The summed E-state index contributed by atoms with van der Waals surface area (Å²) >= 11 is 0. The summed E-state index contributed by atoms with van der Waals surface area (Å²) in [5.41, 5.74) is 0.419. The molecule has 2 aliphatic heterocycles. The number of halogens is 3. The molecule has 0 spiro atoms. The minimum absolute atomic E-state index is 0.0138. The van der Waals surface area contributed by atoms with Gasteiger partial charge < -0.3 is 4.57 Å². The Labute approximate surface area is 239 Å². The average Bonchev–Trinajstić information content (AvgIpc) is 3.32. The molecule has 3 heterocycles. The summed E-state index contributed by atoms with van der Waals surface area (Å²) in [6.07, 6.45) is 0.785. The molecule has 0 unspecified atom stereocenters. The summed E-state index contributed by atoms with van der Waals surface area (Å²) in [5, 5.41) is 8.46. The van der Waals surface area contributed by atoms with Gasteiger partial charge >= 0.3 is 6.18 Å². The summed E-state index contributed by atoms with van der Waals surface area (Å²) in [4.78, 5) is 1.89. The predicted molar refractivity (Wildman–Crippen MR) is 150 cm³/mol. The van der Waals surface area contributed by atoms with Crippen LogP contribution in [-0.4, -0.2) is 47.7 Å². The van der Waals surface area contributed by atoms with Crippen LogP contribution in [0.5, 0.6) is 0 Å². The number of piperidine rings is 1. The second kappa shape index (κ2) is 10.1. The third-order valence-electron chi connectivity index (χ3n) is 9.07. The topological polar surface area (TPSA) is 71.3 Å². The molecule has 7 nitrogen and oxygen atoms in total. The molecule has 2 aromatic carbocycles. The van der Waals surface area contributed by atoms with Gasteiger partial charge in [0, 0.05) is 26.7 Å². The van der Waals surface area contributed by atoms with E-state index in [1.165, 1.54) is 10.4 Å². The highest BCUT2D eigenvalue weighted by atomic mass is 32.2. The van der Waals surface area contributed by atoms with Crippen molar-refractivity contribution in [1.82, 2.24) is 19.7 Å². The van der Waals surface area contributed by atoms with E-state index in [2.05, 4.69) is 28.9 Å². The molecule has 1 aliphatic carbocycles. The lowest BCUT2D eigenvalue weighted by molar-refractivity contribution is -0.138. The number of fused-ring (bicyclic) bond motifs is 1. The van der Waals surface area contributed by atoms with Crippen LogP contribution in [0.15, 0.2) is 47.6 Å². The standard InChI is InChI=1S/C30H36F3N5O2S/c1-20-6-5-10-37(17-20)18-22-12-26(30(31,32)33)25-9-11-38(41(39,40)27(25)13-22)24-8-4-7-23(14-24)29(15-21(2)16-29)28-35-34-19-36(28)3/h4,7-8,12-14,19-21H,5-6,9-11,15-18H2,1-3H3/t20-,21?,29?/m0/s1. The van der Waals surface area contributed by atoms with Gasteiger partial charge in [0.15, 0.2) is 0 Å². The SMILES string of the molecule is CC1CC(c2cccc(N3CCc4c(C(F)(F)F)cc(CN5CCC[C@H](C)C5)cc4S3(=O)=O)c2)(c2nncn2C)C1. The largest absolute Gasteiger partial charge is 0.416 e. The molecular weight excluding hydrogens is 551 g/mol. The molecule has 0 N–H and O–H groups in total. The first-order valence-corrected chi connectivity index (χ1v) is 15.8. The van der Waals surface area contributed by atoms with Gasteiger partial charge in [-0.15, -0.1) is 10.2 Å². The zero-order valence-corrected chi connectivity index (χ0v) is 24.5. The first-order chi connectivity index (χ1) is 19.4. The summed E-state index contributed by atoms with van der Waals surface area (Å²) < 4.78 is 74.1. The van der Waals surface area contributed by atoms with E-state index in [1.807, 2.05) is 29.8 Å². The Bertz CT molecular complexity index is 1560. The highest BCUT2D eigenvalue weighted by Crippen LogP contribution is 2.52. The van der Waals surface area contributed by atoms with E-state index in [0.29, 0.717) is 29.6 Å². The molecule has 0 radical (unpaired) electrons. The lowest BCUT2D eigenvalue weighted by atomic mass is 9.58. The number of anilines is 1. The third kappa shape index (κ3) is 4.94. The van der Waals surface area contributed by atoms with Gasteiger partial charge in [-0.05, 0) is 91.4 Å². The number of aryl methyl sites for hydroxylation is 1. The monoisotopic (exact) mass is 587 g/mol. The van der Waals surface area contributed by atoms with Crippen LogP contribution in [0.25, 0.3) is 0 Å². The maximum Gasteiger partial charge on any atom is 0.416 e. The summed E-state index contributed by atoms with van der Waals surface area (Å²) in [5.74, 6) is 1.76. The molecule has 0 amide bonds. The van der Waals surface area contributed by atoms with Crippen molar-refractivity contribution in [2.24, 2.45) is 18.9 Å².